The summed E-state index contributed by atoms with van der Waals surface area (Å²) in [4.78, 5) is 17.7. The molecule has 0 aliphatic carbocycles. The summed E-state index contributed by atoms with van der Waals surface area (Å²) in [5.74, 6) is 0.935. The fourth-order valence-corrected chi connectivity index (χ4v) is 3.59. The van der Waals surface area contributed by atoms with E-state index in [9.17, 15) is 4.79 Å². The van der Waals surface area contributed by atoms with E-state index < -0.39 is 0 Å². The minimum atomic E-state index is -0.166. The Balaban J connectivity index is 1.68. The smallest absolute Gasteiger partial charge is 0.256 e. The van der Waals surface area contributed by atoms with Crippen LogP contribution in [-0.4, -0.2) is 10.9 Å². The molecule has 0 aliphatic rings. The number of aryl methyl sites for hydroxylation is 2. The lowest BCUT2D eigenvalue weighted by Gasteiger charge is -2.15. The number of nitrogens with zero attached hydrogens (tertiary/aromatic N) is 1. The van der Waals surface area contributed by atoms with Crippen molar-refractivity contribution in [2.75, 3.05) is 5.32 Å². The van der Waals surface area contributed by atoms with Crippen LogP contribution in [0.15, 0.2) is 83.4 Å². The molecule has 0 aliphatic heterocycles. The first-order valence-corrected chi connectivity index (χ1v) is 10.2. The van der Waals surface area contributed by atoms with Gasteiger partial charge in [0, 0.05) is 16.8 Å². The molecule has 150 valence electrons. The highest BCUT2D eigenvalue weighted by molar-refractivity contribution is 6.08. The van der Waals surface area contributed by atoms with Gasteiger partial charge < -0.3 is 9.73 Å². The van der Waals surface area contributed by atoms with Crippen molar-refractivity contribution in [3.05, 3.63) is 95.7 Å². The normalized spacial score (nSPS) is 10.7. The number of anilines is 1. The van der Waals surface area contributed by atoms with E-state index in [1.54, 1.807) is 12.3 Å². The third-order valence-electron chi connectivity index (χ3n) is 5.20. The molecule has 0 atom stereocenters. The first-order valence-electron chi connectivity index (χ1n) is 10.2. The van der Waals surface area contributed by atoms with Gasteiger partial charge in [0.25, 0.3) is 5.91 Å². The maximum Gasteiger partial charge on any atom is 0.256 e. The number of benzene rings is 3. The summed E-state index contributed by atoms with van der Waals surface area (Å²) < 4.78 is 6.00. The molecular formula is C26H24N2O2. The van der Waals surface area contributed by atoms with Gasteiger partial charge in [-0.05, 0) is 36.1 Å². The minimum absolute atomic E-state index is 0.166. The second-order valence-corrected chi connectivity index (χ2v) is 7.05. The highest BCUT2D eigenvalue weighted by atomic mass is 16.4. The summed E-state index contributed by atoms with van der Waals surface area (Å²) in [6, 6.07) is 23.4. The zero-order valence-corrected chi connectivity index (χ0v) is 17.2. The molecule has 0 fully saturated rings. The first kappa shape index (κ1) is 19.6. The third-order valence-corrected chi connectivity index (χ3v) is 5.20. The molecule has 1 N–H and O–H groups in total. The molecule has 4 rings (SSSR count). The molecule has 4 aromatic rings. The quantitative estimate of drug-likeness (QED) is 0.411. The van der Waals surface area contributed by atoms with Gasteiger partial charge in [0.15, 0.2) is 5.76 Å². The van der Waals surface area contributed by atoms with E-state index in [1.165, 1.54) is 0 Å². The van der Waals surface area contributed by atoms with Crippen LogP contribution < -0.4 is 5.32 Å². The topological polar surface area (TPSA) is 55.1 Å². The van der Waals surface area contributed by atoms with Gasteiger partial charge in [-0.3, -0.25) is 4.79 Å². The van der Waals surface area contributed by atoms with Crippen LogP contribution in [0.1, 0.15) is 35.3 Å². The van der Waals surface area contributed by atoms with E-state index in [1.807, 2.05) is 54.6 Å². The molecule has 1 aromatic heterocycles. The fourth-order valence-electron chi connectivity index (χ4n) is 3.59. The molecule has 3 aromatic carbocycles. The van der Waals surface area contributed by atoms with E-state index in [0.29, 0.717) is 22.8 Å². The maximum absolute atomic E-state index is 13.2. The minimum Gasteiger partial charge on any atom is -0.436 e. The molecule has 0 saturated heterocycles. The number of hydrogen-bond donors (Lipinski definition) is 1. The van der Waals surface area contributed by atoms with Gasteiger partial charge in [0.1, 0.15) is 0 Å². The number of rotatable bonds is 6. The third kappa shape index (κ3) is 3.90. The zero-order chi connectivity index (χ0) is 20.9. The van der Waals surface area contributed by atoms with E-state index in [4.69, 9.17) is 4.42 Å². The monoisotopic (exact) mass is 396 g/mol. The van der Waals surface area contributed by atoms with Crippen LogP contribution in [0.25, 0.3) is 22.8 Å². The summed E-state index contributed by atoms with van der Waals surface area (Å²) >= 11 is 0. The average Bonchev–Trinajstić information content (AvgIpc) is 3.30. The van der Waals surface area contributed by atoms with Crippen LogP contribution in [0.3, 0.4) is 0 Å². The van der Waals surface area contributed by atoms with E-state index in [0.717, 1.165) is 35.2 Å². The summed E-state index contributed by atoms with van der Waals surface area (Å²) in [6.07, 6.45) is 3.40. The Hall–Kier alpha value is -3.66. The Morgan fingerprint density at radius 3 is 2.23 bits per heavy atom. The van der Waals surface area contributed by atoms with Crippen LogP contribution >= 0.6 is 0 Å². The highest BCUT2D eigenvalue weighted by Gasteiger charge is 2.18. The molecule has 1 amide bonds. The van der Waals surface area contributed by atoms with Gasteiger partial charge in [-0.1, -0.05) is 74.5 Å². The molecule has 0 saturated carbocycles. The van der Waals surface area contributed by atoms with Crippen LogP contribution in [0.2, 0.25) is 0 Å². The highest BCUT2D eigenvalue weighted by Crippen LogP contribution is 2.29. The van der Waals surface area contributed by atoms with Gasteiger partial charge >= 0.3 is 0 Å². The van der Waals surface area contributed by atoms with Crippen LogP contribution in [0.5, 0.6) is 0 Å². The molecule has 4 heteroatoms. The SMILES string of the molecule is CCc1cccc(CC)c1NC(=O)c1ccccc1-c1ncc(-c2ccccc2)o1. The van der Waals surface area contributed by atoms with Crippen molar-refractivity contribution < 1.29 is 9.21 Å². The summed E-state index contributed by atoms with van der Waals surface area (Å²) in [5, 5.41) is 3.14. The molecule has 0 unspecified atom stereocenters. The number of carbonyl (C=O) groups is 1. The van der Waals surface area contributed by atoms with Crippen molar-refractivity contribution in [2.45, 2.75) is 26.7 Å². The lowest BCUT2D eigenvalue weighted by molar-refractivity contribution is 0.102. The van der Waals surface area contributed by atoms with Crippen molar-refractivity contribution in [1.29, 1.82) is 0 Å². The number of hydrogen-bond acceptors (Lipinski definition) is 3. The van der Waals surface area contributed by atoms with Crippen molar-refractivity contribution in [2.24, 2.45) is 0 Å². The van der Waals surface area contributed by atoms with Crippen molar-refractivity contribution in [1.82, 2.24) is 4.98 Å². The molecule has 1 heterocycles. The van der Waals surface area contributed by atoms with Crippen LogP contribution in [-0.2, 0) is 12.8 Å². The number of aromatic nitrogens is 1. The number of nitrogens with one attached hydrogen (secondary N) is 1. The first-order chi connectivity index (χ1) is 14.7. The largest absolute Gasteiger partial charge is 0.436 e. The van der Waals surface area contributed by atoms with Crippen LogP contribution in [0, 0.1) is 0 Å². The standard InChI is InChI=1S/C26H24N2O2/c1-3-18-13-10-14-19(4-2)24(18)28-25(29)21-15-8-9-16-22(21)26-27-17-23(30-26)20-11-6-5-7-12-20/h5-17H,3-4H2,1-2H3,(H,28,29). The lowest BCUT2D eigenvalue weighted by atomic mass is 10.0. The lowest BCUT2D eigenvalue weighted by Crippen LogP contribution is -2.16. The predicted molar refractivity (Wildman–Crippen MR) is 121 cm³/mol. The molecule has 0 radical (unpaired) electrons. The molecule has 0 bridgehead atoms. The fraction of sp³-hybridized carbons (Fsp3) is 0.154. The predicted octanol–water partition coefficient (Wildman–Crippen LogP) is 6.39. The van der Waals surface area contributed by atoms with Crippen molar-refractivity contribution in [3.8, 4) is 22.8 Å². The van der Waals surface area contributed by atoms with Gasteiger partial charge in [0.05, 0.1) is 11.8 Å². The van der Waals surface area contributed by atoms with E-state index in [-0.39, 0.29) is 5.91 Å². The Labute approximate surface area is 176 Å². The Morgan fingerprint density at radius 2 is 1.53 bits per heavy atom. The van der Waals surface area contributed by atoms with Gasteiger partial charge in [-0.25, -0.2) is 4.98 Å². The van der Waals surface area contributed by atoms with Crippen molar-refractivity contribution >= 4 is 11.6 Å². The molecule has 4 nitrogen and oxygen atoms in total. The Morgan fingerprint density at radius 1 is 0.867 bits per heavy atom. The second kappa shape index (κ2) is 8.78. The molecule has 30 heavy (non-hydrogen) atoms. The zero-order valence-electron chi connectivity index (χ0n) is 17.2. The van der Waals surface area contributed by atoms with Gasteiger partial charge in [-0.15, -0.1) is 0 Å². The number of amides is 1. The summed E-state index contributed by atoms with van der Waals surface area (Å²) in [7, 11) is 0. The number of carbonyl (C=O) groups excluding carboxylic acids is 1. The average molecular weight is 396 g/mol. The maximum atomic E-state index is 13.2. The Bertz CT molecular complexity index is 1140. The Kier molecular flexibility index (Phi) is 5.75. The molecular weight excluding hydrogens is 372 g/mol. The van der Waals surface area contributed by atoms with E-state index in [2.05, 4.69) is 36.3 Å². The van der Waals surface area contributed by atoms with Crippen molar-refractivity contribution in [3.63, 3.8) is 0 Å². The molecule has 0 spiro atoms. The summed E-state index contributed by atoms with van der Waals surface area (Å²) in [5.41, 5.74) is 5.31. The van der Waals surface area contributed by atoms with E-state index >= 15 is 0 Å². The summed E-state index contributed by atoms with van der Waals surface area (Å²) in [6.45, 7) is 4.19. The van der Waals surface area contributed by atoms with Gasteiger partial charge in [0.2, 0.25) is 5.89 Å². The van der Waals surface area contributed by atoms with Crippen LogP contribution in [0.4, 0.5) is 5.69 Å². The number of para-hydroxylation sites is 1. The van der Waals surface area contributed by atoms with Gasteiger partial charge in [-0.2, -0.15) is 0 Å². The number of oxazole rings is 1. The second-order valence-electron chi connectivity index (χ2n) is 7.05.